The first-order valence-corrected chi connectivity index (χ1v) is 6.44. The lowest BCUT2D eigenvalue weighted by atomic mass is 10.3. The molecule has 0 bridgehead atoms. The van der Waals surface area contributed by atoms with Gasteiger partial charge in [0.2, 0.25) is 5.95 Å². The molecule has 0 atom stereocenters. The molecule has 0 amide bonds. The number of aryl methyl sites for hydroxylation is 1. The van der Waals surface area contributed by atoms with Crippen LogP contribution in [0.1, 0.15) is 37.4 Å². The summed E-state index contributed by atoms with van der Waals surface area (Å²) < 4.78 is 0. The van der Waals surface area contributed by atoms with Gasteiger partial charge >= 0.3 is 0 Å². The molecular formula is C12H18ClN3. The molecule has 3 nitrogen and oxygen atoms in total. The van der Waals surface area contributed by atoms with Crippen LogP contribution >= 0.6 is 11.6 Å². The third-order valence-electron chi connectivity index (χ3n) is 2.92. The first-order valence-electron chi connectivity index (χ1n) is 5.91. The monoisotopic (exact) mass is 239 g/mol. The van der Waals surface area contributed by atoms with Crippen molar-refractivity contribution in [2.75, 3.05) is 11.4 Å². The molecule has 16 heavy (non-hydrogen) atoms. The number of hydrogen-bond donors (Lipinski definition) is 0. The fraction of sp³-hybridized carbons (Fsp3) is 0.667. The topological polar surface area (TPSA) is 29.0 Å². The van der Waals surface area contributed by atoms with Gasteiger partial charge in [0.1, 0.15) is 0 Å². The zero-order chi connectivity index (χ0) is 11.5. The molecule has 1 heterocycles. The largest absolute Gasteiger partial charge is 0.338 e. The van der Waals surface area contributed by atoms with E-state index in [0.717, 1.165) is 30.2 Å². The van der Waals surface area contributed by atoms with Crippen LogP contribution in [0, 0.1) is 6.92 Å². The molecule has 0 aromatic carbocycles. The van der Waals surface area contributed by atoms with E-state index in [0.29, 0.717) is 11.9 Å². The van der Waals surface area contributed by atoms with E-state index in [1.807, 2.05) is 13.1 Å². The lowest BCUT2D eigenvalue weighted by Gasteiger charge is -2.22. The lowest BCUT2D eigenvalue weighted by Crippen LogP contribution is -2.28. The predicted molar refractivity (Wildman–Crippen MR) is 67.0 cm³/mol. The van der Waals surface area contributed by atoms with Crippen LogP contribution in [0.3, 0.4) is 0 Å². The Morgan fingerprint density at radius 2 is 2.25 bits per heavy atom. The number of hydrogen-bond acceptors (Lipinski definition) is 3. The summed E-state index contributed by atoms with van der Waals surface area (Å²) in [5, 5.41) is 0. The van der Waals surface area contributed by atoms with Crippen LogP contribution in [0.2, 0.25) is 0 Å². The highest BCUT2D eigenvalue weighted by molar-refractivity contribution is 6.17. The average Bonchev–Trinajstić information content (AvgIpc) is 3.09. The van der Waals surface area contributed by atoms with E-state index in [1.165, 1.54) is 12.8 Å². The second-order valence-corrected chi connectivity index (χ2v) is 4.61. The Balaban J connectivity index is 2.20. The maximum absolute atomic E-state index is 5.81. The van der Waals surface area contributed by atoms with Gasteiger partial charge in [0.05, 0.1) is 5.88 Å². The first kappa shape index (κ1) is 11.6. The Bertz CT molecular complexity index is 363. The molecule has 1 aromatic heterocycles. The van der Waals surface area contributed by atoms with Gasteiger partial charge in [-0.3, -0.25) is 0 Å². The predicted octanol–water partition coefficient (Wildman–Crippen LogP) is 2.90. The number of aromatic nitrogens is 2. The minimum atomic E-state index is 0.489. The fourth-order valence-corrected chi connectivity index (χ4v) is 2.08. The molecule has 1 aliphatic rings. The molecule has 1 aromatic rings. The average molecular weight is 240 g/mol. The van der Waals surface area contributed by atoms with Crippen molar-refractivity contribution in [3.63, 3.8) is 0 Å². The van der Waals surface area contributed by atoms with Gasteiger partial charge in [-0.25, -0.2) is 9.97 Å². The molecule has 0 radical (unpaired) electrons. The molecule has 1 saturated carbocycles. The maximum atomic E-state index is 5.81. The van der Waals surface area contributed by atoms with Gasteiger partial charge in [0.25, 0.3) is 0 Å². The molecule has 1 aliphatic carbocycles. The van der Waals surface area contributed by atoms with Crippen molar-refractivity contribution in [2.45, 2.75) is 45.0 Å². The van der Waals surface area contributed by atoms with E-state index in [1.54, 1.807) is 0 Å². The standard InChI is InChI=1S/C12H18ClN3/c1-3-6-16(11-4-5-11)12-14-8-10(7-13)9(2)15-12/h8,11H,3-7H2,1-2H3. The van der Waals surface area contributed by atoms with Gasteiger partial charge in [-0.2, -0.15) is 0 Å². The van der Waals surface area contributed by atoms with E-state index in [2.05, 4.69) is 21.8 Å². The van der Waals surface area contributed by atoms with Crippen molar-refractivity contribution < 1.29 is 0 Å². The number of nitrogens with zero attached hydrogens (tertiary/aromatic N) is 3. The molecule has 4 heteroatoms. The van der Waals surface area contributed by atoms with Gasteiger partial charge < -0.3 is 4.90 Å². The van der Waals surface area contributed by atoms with E-state index < -0.39 is 0 Å². The third kappa shape index (κ3) is 2.46. The summed E-state index contributed by atoms with van der Waals surface area (Å²) in [5.41, 5.74) is 2.03. The molecule has 0 saturated heterocycles. The molecule has 0 N–H and O–H groups in total. The Morgan fingerprint density at radius 3 is 2.75 bits per heavy atom. The van der Waals surface area contributed by atoms with E-state index in [-0.39, 0.29) is 0 Å². The van der Waals surface area contributed by atoms with Crippen LogP contribution < -0.4 is 4.90 Å². The highest BCUT2D eigenvalue weighted by Crippen LogP contribution is 2.30. The van der Waals surface area contributed by atoms with Crippen molar-refractivity contribution in [2.24, 2.45) is 0 Å². The van der Waals surface area contributed by atoms with E-state index >= 15 is 0 Å². The van der Waals surface area contributed by atoms with Crippen molar-refractivity contribution in [1.29, 1.82) is 0 Å². The quantitative estimate of drug-likeness (QED) is 0.740. The molecule has 0 aliphatic heterocycles. The summed E-state index contributed by atoms with van der Waals surface area (Å²) in [6.07, 6.45) is 5.55. The minimum Gasteiger partial charge on any atom is -0.338 e. The van der Waals surface area contributed by atoms with Crippen molar-refractivity contribution in [1.82, 2.24) is 9.97 Å². The molecular weight excluding hydrogens is 222 g/mol. The normalized spacial score (nSPS) is 15.2. The second kappa shape index (κ2) is 5.00. The van der Waals surface area contributed by atoms with Crippen LogP contribution in [0.5, 0.6) is 0 Å². The summed E-state index contributed by atoms with van der Waals surface area (Å²) in [4.78, 5) is 11.3. The van der Waals surface area contributed by atoms with Gasteiger partial charge in [-0.1, -0.05) is 6.92 Å². The summed E-state index contributed by atoms with van der Waals surface area (Å²) in [6.45, 7) is 5.24. The zero-order valence-corrected chi connectivity index (χ0v) is 10.7. The zero-order valence-electron chi connectivity index (χ0n) is 9.91. The summed E-state index contributed by atoms with van der Waals surface area (Å²) >= 11 is 5.81. The highest BCUT2D eigenvalue weighted by atomic mass is 35.5. The van der Waals surface area contributed by atoms with Crippen LogP contribution in [0.25, 0.3) is 0 Å². The number of anilines is 1. The maximum Gasteiger partial charge on any atom is 0.225 e. The summed E-state index contributed by atoms with van der Waals surface area (Å²) in [5.74, 6) is 1.36. The third-order valence-corrected chi connectivity index (χ3v) is 3.21. The smallest absolute Gasteiger partial charge is 0.225 e. The van der Waals surface area contributed by atoms with Gasteiger partial charge in [-0.05, 0) is 26.2 Å². The first-order chi connectivity index (χ1) is 7.76. The molecule has 88 valence electrons. The molecule has 2 rings (SSSR count). The van der Waals surface area contributed by atoms with Crippen molar-refractivity contribution in [3.8, 4) is 0 Å². The fourth-order valence-electron chi connectivity index (χ4n) is 1.82. The van der Waals surface area contributed by atoms with E-state index in [4.69, 9.17) is 11.6 Å². The minimum absolute atomic E-state index is 0.489. The SMILES string of the molecule is CCCN(c1ncc(CCl)c(C)n1)C1CC1. The second-order valence-electron chi connectivity index (χ2n) is 4.34. The van der Waals surface area contributed by atoms with Gasteiger partial charge in [0.15, 0.2) is 0 Å². The Hall–Kier alpha value is -0.830. The van der Waals surface area contributed by atoms with E-state index in [9.17, 15) is 0 Å². The van der Waals surface area contributed by atoms with Crippen LogP contribution in [-0.2, 0) is 5.88 Å². The summed E-state index contributed by atoms with van der Waals surface area (Å²) in [7, 11) is 0. The Morgan fingerprint density at radius 1 is 1.50 bits per heavy atom. The van der Waals surface area contributed by atoms with Gasteiger partial charge in [0, 0.05) is 30.0 Å². The Labute approximate surface area is 102 Å². The highest BCUT2D eigenvalue weighted by Gasteiger charge is 2.30. The van der Waals surface area contributed by atoms with Gasteiger partial charge in [-0.15, -0.1) is 11.6 Å². The van der Waals surface area contributed by atoms with Crippen LogP contribution in [-0.4, -0.2) is 22.6 Å². The number of alkyl halides is 1. The summed E-state index contributed by atoms with van der Waals surface area (Å²) in [6, 6.07) is 0.668. The van der Waals surface area contributed by atoms with Crippen molar-refractivity contribution in [3.05, 3.63) is 17.5 Å². The van der Waals surface area contributed by atoms with Crippen LogP contribution in [0.4, 0.5) is 5.95 Å². The van der Waals surface area contributed by atoms with Crippen molar-refractivity contribution >= 4 is 17.5 Å². The number of halogens is 1. The lowest BCUT2D eigenvalue weighted by molar-refractivity contribution is 0.731. The molecule has 1 fully saturated rings. The Kier molecular flexibility index (Phi) is 3.64. The van der Waals surface area contributed by atoms with Crippen LogP contribution in [0.15, 0.2) is 6.20 Å². The molecule has 0 spiro atoms. The molecule has 0 unspecified atom stereocenters. The number of rotatable bonds is 5.